The molecule has 0 saturated carbocycles. The van der Waals surface area contributed by atoms with Gasteiger partial charge in [0, 0.05) is 25.4 Å². The van der Waals surface area contributed by atoms with Gasteiger partial charge in [-0.15, -0.1) is 0 Å². The lowest BCUT2D eigenvalue weighted by atomic mass is 10.1. The molecule has 0 saturated heterocycles. The lowest BCUT2D eigenvalue weighted by molar-refractivity contribution is 0.0466. The predicted molar refractivity (Wildman–Crippen MR) is 88.3 cm³/mol. The Kier molecular flexibility index (Phi) is 9.87. The highest BCUT2D eigenvalue weighted by Crippen LogP contribution is 2.04. The fourth-order valence-electron chi connectivity index (χ4n) is 1.93. The fourth-order valence-corrected chi connectivity index (χ4v) is 1.93. The Balaban J connectivity index is 1.83. The lowest BCUT2D eigenvalue weighted by Gasteiger charge is -2.08. The second-order valence-corrected chi connectivity index (χ2v) is 5.68. The molecule has 0 aromatic heterocycles. The van der Waals surface area contributed by atoms with Gasteiger partial charge in [0.15, 0.2) is 0 Å². The van der Waals surface area contributed by atoms with E-state index in [1.54, 1.807) is 0 Å². The molecule has 0 aliphatic carbocycles. The van der Waals surface area contributed by atoms with E-state index in [2.05, 4.69) is 19.2 Å². The highest BCUT2D eigenvalue weighted by molar-refractivity contribution is 5.39. The van der Waals surface area contributed by atoms with Crippen LogP contribution in [0.4, 0.5) is 5.69 Å². The summed E-state index contributed by atoms with van der Waals surface area (Å²) in [4.78, 5) is 0. The molecule has 21 heavy (non-hydrogen) atoms. The Morgan fingerprint density at radius 1 is 1.00 bits per heavy atom. The van der Waals surface area contributed by atoms with Gasteiger partial charge in [-0.1, -0.05) is 26.0 Å². The first kappa shape index (κ1) is 18.0. The number of benzene rings is 1. The molecule has 0 radical (unpaired) electrons. The van der Waals surface area contributed by atoms with Crippen LogP contribution in [-0.2, 0) is 16.0 Å². The molecule has 0 bridgehead atoms. The monoisotopic (exact) mass is 294 g/mol. The quantitative estimate of drug-likeness (QED) is 0.460. The molecule has 3 N–H and O–H groups in total. The molecule has 4 heteroatoms. The van der Waals surface area contributed by atoms with Crippen molar-refractivity contribution in [3.8, 4) is 0 Å². The Morgan fingerprint density at radius 2 is 1.67 bits per heavy atom. The molecule has 4 nitrogen and oxygen atoms in total. The third kappa shape index (κ3) is 10.3. The van der Waals surface area contributed by atoms with E-state index in [1.807, 2.05) is 24.3 Å². The van der Waals surface area contributed by atoms with Crippen molar-refractivity contribution in [3.05, 3.63) is 29.8 Å². The summed E-state index contributed by atoms with van der Waals surface area (Å²) in [6.45, 7) is 9.08. The summed E-state index contributed by atoms with van der Waals surface area (Å²) in [5.74, 6) is 0.761. The molecule has 1 aromatic rings. The summed E-state index contributed by atoms with van der Waals surface area (Å²) in [6, 6.07) is 7.91. The molecular weight excluding hydrogens is 264 g/mol. The topological polar surface area (TPSA) is 56.5 Å². The van der Waals surface area contributed by atoms with Crippen molar-refractivity contribution in [3.63, 3.8) is 0 Å². The molecule has 120 valence electrons. The van der Waals surface area contributed by atoms with Crippen LogP contribution in [0.3, 0.4) is 0 Å². The van der Waals surface area contributed by atoms with Gasteiger partial charge in [0.1, 0.15) is 0 Å². The maximum Gasteiger partial charge on any atom is 0.0701 e. The maximum absolute atomic E-state index is 5.64. The fraction of sp³-hybridized carbons (Fsp3) is 0.647. The number of hydrogen-bond donors (Lipinski definition) is 2. The van der Waals surface area contributed by atoms with Crippen LogP contribution in [0.15, 0.2) is 24.3 Å². The SMILES string of the molecule is CC(C)CCCOCCOCCNCc1ccc(N)cc1. The smallest absolute Gasteiger partial charge is 0.0701 e. The minimum Gasteiger partial charge on any atom is -0.399 e. The van der Waals surface area contributed by atoms with Crippen LogP contribution in [0.5, 0.6) is 0 Å². The zero-order valence-corrected chi connectivity index (χ0v) is 13.4. The van der Waals surface area contributed by atoms with Gasteiger partial charge in [0.05, 0.1) is 19.8 Å². The van der Waals surface area contributed by atoms with Crippen molar-refractivity contribution in [1.82, 2.24) is 5.32 Å². The van der Waals surface area contributed by atoms with Gasteiger partial charge in [-0.25, -0.2) is 0 Å². The van der Waals surface area contributed by atoms with E-state index in [0.29, 0.717) is 19.8 Å². The van der Waals surface area contributed by atoms with E-state index in [4.69, 9.17) is 15.2 Å². The minimum atomic E-state index is 0.672. The second kappa shape index (κ2) is 11.5. The molecule has 0 aliphatic rings. The highest BCUT2D eigenvalue weighted by Gasteiger charge is 1.95. The zero-order valence-electron chi connectivity index (χ0n) is 13.4. The van der Waals surface area contributed by atoms with E-state index in [0.717, 1.165) is 37.7 Å². The summed E-state index contributed by atoms with van der Waals surface area (Å²) < 4.78 is 11.0. The predicted octanol–water partition coefficient (Wildman–Crippen LogP) is 2.83. The van der Waals surface area contributed by atoms with E-state index in [-0.39, 0.29) is 0 Å². The maximum atomic E-state index is 5.64. The molecule has 0 spiro atoms. The van der Waals surface area contributed by atoms with Crippen LogP contribution in [-0.4, -0.2) is 33.0 Å². The first-order chi connectivity index (χ1) is 10.2. The van der Waals surface area contributed by atoms with Crippen LogP contribution >= 0.6 is 0 Å². The van der Waals surface area contributed by atoms with Crippen molar-refractivity contribution < 1.29 is 9.47 Å². The van der Waals surface area contributed by atoms with Crippen molar-refractivity contribution >= 4 is 5.69 Å². The average Bonchev–Trinajstić information content (AvgIpc) is 2.46. The molecule has 0 aliphatic heterocycles. The lowest BCUT2D eigenvalue weighted by Crippen LogP contribution is -2.20. The summed E-state index contributed by atoms with van der Waals surface area (Å²) in [7, 11) is 0. The standard InChI is InChI=1S/C17H30N2O2/c1-15(2)4-3-10-20-12-13-21-11-9-19-14-16-5-7-17(18)8-6-16/h5-8,15,19H,3-4,9-14,18H2,1-2H3. The van der Waals surface area contributed by atoms with Gasteiger partial charge in [-0.3, -0.25) is 0 Å². The van der Waals surface area contributed by atoms with Crippen LogP contribution in [0.2, 0.25) is 0 Å². The Labute approximate surface area is 129 Å². The number of rotatable bonds is 12. The first-order valence-corrected chi connectivity index (χ1v) is 7.89. The molecule has 0 fully saturated rings. The normalized spacial score (nSPS) is 11.2. The molecule has 0 unspecified atom stereocenters. The molecular formula is C17H30N2O2. The summed E-state index contributed by atoms with van der Waals surface area (Å²) in [5.41, 5.74) is 7.68. The van der Waals surface area contributed by atoms with Crippen molar-refractivity contribution in [2.24, 2.45) is 5.92 Å². The van der Waals surface area contributed by atoms with Gasteiger partial charge in [-0.05, 0) is 36.5 Å². The third-order valence-electron chi connectivity index (χ3n) is 3.17. The first-order valence-electron chi connectivity index (χ1n) is 7.89. The van der Waals surface area contributed by atoms with E-state index < -0.39 is 0 Å². The van der Waals surface area contributed by atoms with Gasteiger partial charge >= 0.3 is 0 Å². The highest BCUT2D eigenvalue weighted by atomic mass is 16.5. The second-order valence-electron chi connectivity index (χ2n) is 5.68. The number of ether oxygens (including phenoxy) is 2. The molecule has 0 amide bonds. The molecule has 1 aromatic carbocycles. The number of hydrogen-bond acceptors (Lipinski definition) is 4. The van der Waals surface area contributed by atoms with E-state index in [9.17, 15) is 0 Å². The van der Waals surface area contributed by atoms with Crippen LogP contribution in [0.1, 0.15) is 32.3 Å². The van der Waals surface area contributed by atoms with Gasteiger partial charge in [0.2, 0.25) is 0 Å². The average molecular weight is 294 g/mol. The van der Waals surface area contributed by atoms with Crippen LogP contribution in [0.25, 0.3) is 0 Å². The van der Waals surface area contributed by atoms with E-state index >= 15 is 0 Å². The molecule has 0 heterocycles. The van der Waals surface area contributed by atoms with Crippen molar-refractivity contribution in [2.45, 2.75) is 33.2 Å². The van der Waals surface area contributed by atoms with Crippen molar-refractivity contribution in [1.29, 1.82) is 0 Å². The third-order valence-corrected chi connectivity index (χ3v) is 3.17. The summed E-state index contributed by atoms with van der Waals surface area (Å²) in [6.07, 6.45) is 2.37. The number of nitrogens with one attached hydrogen (secondary N) is 1. The van der Waals surface area contributed by atoms with Gasteiger partial charge < -0.3 is 20.5 Å². The number of nitrogen functional groups attached to an aromatic ring is 1. The summed E-state index contributed by atoms with van der Waals surface area (Å²) >= 11 is 0. The van der Waals surface area contributed by atoms with Crippen LogP contribution in [0, 0.1) is 5.92 Å². The van der Waals surface area contributed by atoms with Crippen molar-refractivity contribution in [2.75, 3.05) is 38.7 Å². The minimum absolute atomic E-state index is 0.672. The Bertz CT molecular complexity index is 352. The number of anilines is 1. The molecule has 1 rings (SSSR count). The zero-order chi connectivity index (χ0) is 15.3. The Hall–Kier alpha value is -1.10. The van der Waals surface area contributed by atoms with Gasteiger partial charge in [-0.2, -0.15) is 0 Å². The summed E-state index contributed by atoms with van der Waals surface area (Å²) in [5, 5.41) is 3.34. The Morgan fingerprint density at radius 3 is 2.33 bits per heavy atom. The van der Waals surface area contributed by atoms with Gasteiger partial charge in [0.25, 0.3) is 0 Å². The largest absolute Gasteiger partial charge is 0.399 e. The number of nitrogens with two attached hydrogens (primary N) is 1. The van der Waals surface area contributed by atoms with Crippen LogP contribution < -0.4 is 11.1 Å². The van der Waals surface area contributed by atoms with E-state index in [1.165, 1.54) is 12.0 Å². The molecule has 0 atom stereocenters.